The number of nitrogens with zero attached hydrogens (tertiary/aromatic N) is 1. The molecule has 4 atom stereocenters. The monoisotopic (exact) mass is 418 g/mol. The van der Waals surface area contributed by atoms with E-state index >= 15 is 0 Å². The lowest BCUT2D eigenvalue weighted by molar-refractivity contribution is -0.123. The second-order valence-electron chi connectivity index (χ2n) is 8.08. The molecule has 1 saturated heterocycles. The number of ether oxygens (including phenoxy) is 2. The number of fused-ring (bicyclic) bond motifs is 5. The van der Waals surface area contributed by atoms with Crippen LogP contribution in [0.5, 0.6) is 11.5 Å². The topological polar surface area (TPSA) is 84.9 Å². The first-order valence-corrected chi connectivity index (χ1v) is 10.2. The molecule has 158 valence electrons. The van der Waals surface area contributed by atoms with Gasteiger partial charge >= 0.3 is 0 Å². The maximum Gasteiger partial charge on any atom is 0.255 e. The molecule has 2 bridgehead atoms. The molecule has 1 saturated carbocycles. The number of benzene rings is 2. The van der Waals surface area contributed by atoms with E-state index < -0.39 is 0 Å². The maximum absolute atomic E-state index is 12.9. The van der Waals surface area contributed by atoms with Crippen molar-refractivity contribution in [2.24, 2.45) is 23.7 Å². The molecule has 0 radical (unpaired) electrons. The average Bonchev–Trinajstić information content (AvgIpc) is 3.47. The molecule has 7 nitrogen and oxygen atoms in total. The van der Waals surface area contributed by atoms with Gasteiger partial charge in [-0.2, -0.15) is 0 Å². The van der Waals surface area contributed by atoms with Crippen LogP contribution >= 0.6 is 0 Å². The molecule has 31 heavy (non-hydrogen) atoms. The van der Waals surface area contributed by atoms with Crippen molar-refractivity contribution in [2.75, 3.05) is 24.4 Å². The van der Waals surface area contributed by atoms with Crippen LogP contribution in [0.4, 0.5) is 11.4 Å². The van der Waals surface area contributed by atoms with Gasteiger partial charge in [0.15, 0.2) is 0 Å². The number of hydrogen-bond donors (Lipinski definition) is 1. The van der Waals surface area contributed by atoms with Crippen LogP contribution in [0.2, 0.25) is 0 Å². The van der Waals surface area contributed by atoms with Gasteiger partial charge in [-0.25, -0.2) is 0 Å². The van der Waals surface area contributed by atoms with E-state index in [0.717, 1.165) is 6.42 Å². The fourth-order valence-electron chi connectivity index (χ4n) is 5.02. The van der Waals surface area contributed by atoms with Crippen LogP contribution in [-0.2, 0) is 9.59 Å². The third-order valence-corrected chi connectivity index (χ3v) is 6.51. The normalized spacial score (nSPS) is 25.7. The molecular formula is C24H22N2O5. The number of rotatable bonds is 5. The number of carbonyl (C=O) groups is 3. The smallest absolute Gasteiger partial charge is 0.255 e. The molecule has 7 heteroatoms. The number of anilines is 2. The lowest BCUT2D eigenvalue weighted by atomic mass is 9.85. The van der Waals surface area contributed by atoms with E-state index in [1.807, 2.05) is 0 Å². The molecule has 2 aliphatic carbocycles. The molecule has 0 aromatic heterocycles. The SMILES string of the molecule is COc1ccc(OC)c(NC(=O)c2ccc(N3C(=O)[C@@H]4[C@@H](C3=O)[C@H]3C=C[C@@H]4C3)cc2)c1. The zero-order valence-electron chi connectivity index (χ0n) is 17.2. The van der Waals surface area contributed by atoms with Crippen LogP contribution in [0.3, 0.4) is 0 Å². The fourth-order valence-corrected chi connectivity index (χ4v) is 5.02. The van der Waals surface area contributed by atoms with Gasteiger partial charge in [0.05, 0.1) is 37.4 Å². The van der Waals surface area contributed by atoms with Crippen molar-refractivity contribution in [3.63, 3.8) is 0 Å². The highest BCUT2D eigenvalue weighted by atomic mass is 16.5. The molecule has 1 N–H and O–H groups in total. The predicted octanol–water partition coefficient (Wildman–Crippen LogP) is 3.27. The van der Waals surface area contributed by atoms with Crippen LogP contribution in [0, 0.1) is 23.7 Å². The van der Waals surface area contributed by atoms with Crippen molar-refractivity contribution in [1.82, 2.24) is 0 Å². The first kappa shape index (κ1) is 19.4. The first-order chi connectivity index (χ1) is 15.0. The van der Waals surface area contributed by atoms with Gasteiger partial charge in [0, 0.05) is 11.6 Å². The van der Waals surface area contributed by atoms with Crippen LogP contribution < -0.4 is 19.7 Å². The number of carbonyl (C=O) groups excluding carboxylic acids is 3. The molecule has 2 fully saturated rings. The summed E-state index contributed by atoms with van der Waals surface area (Å²) in [4.78, 5) is 39.9. The Kier molecular flexibility index (Phi) is 4.54. The number of imide groups is 1. The Morgan fingerprint density at radius 1 is 0.935 bits per heavy atom. The van der Waals surface area contributed by atoms with Crippen LogP contribution in [0.15, 0.2) is 54.6 Å². The van der Waals surface area contributed by atoms with Crippen molar-refractivity contribution in [2.45, 2.75) is 6.42 Å². The van der Waals surface area contributed by atoms with Crippen molar-refractivity contribution in [3.8, 4) is 11.5 Å². The summed E-state index contributed by atoms with van der Waals surface area (Å²) in [6.45, 7) is 0. The van der Waals surface area contributed by atoms with E-state index in [1.165, 1.54) is 12.0 Å². The van der Waals surface area contributed by atoms with Gasteiger partial charge in [-0.3, -0.25) is 19.3 Å². The Labute approximate surface area is 179 Å². The van der Waals surface area contributed by atoms with Gasteiger partial charge in [0.1, 0.15) is 11.5 Å². The number of nitrogens with one attached hydrogen (secondary N) is 1. The minimum absolute atomic E-state index is 0.134. The van der Waals surface area contributed by atoms with Crippen molar-refractivity contribution < 1.29 is 23.9 Å². The van der Waals surface area contributed by atoms with E-state index in [9.17, 15) is 14.4 Å². The molecule has 5 rings (SSSR count). The first-order valence-electron chi connectivity index (χ1n) is 10.2. The summed E-state index contributed by atoms with van der Waals surface area (Å²) in [5.41, 5.74) is 1.38. The zero-order chi connectivity index (χ0) is 21.7. The van der Waals surface area contributed by atoms with Gasteiger partial charge < -0.3 is 14.8 Å². The van der Waals surface area contributed by atoms with Gasteiger partial charge in [-0.1, -0.05) is 12.2 Å². The predicted molar refractivity (Wildman–Crippen MR) is 114 cm³/mol. The van der Waals surface area contributed by atoms with Crippen molar-refractivity contribution in [1.29, 1.82) is 0 Å². The summed E-state index contributed by atoms with van der Waals surface area (Å²) < 4.78 is 10.5. The third-order valence-electron chi connectivity index (χ3n) is 6.51. The Morgan fingerprint density at radius 3 is 2.16 bits per heavy atom. The lowest BCUT2D eigenvalue weighted by Crippen LogP contribution is -2.32. The fraction of sp³-hybridized carbons (Fsp3) is 0.292. The van der Waals surface area contributed by atoms with E-state index in [0.29, 0.717) is 28.4 Å². The van der Waals surface area contributed by atoms with Gasteiger partial charge in [0.2, 0.25) is 11.8 Å². The average molecular weight is 418 g/mol. The summed E-state index contributed by atoms with van der Waals surface area (Å²) in [7, 11) is 3.07. The second kappa shape index (κ2) is 7.27. The van der Waals surface area contributed by atoms with Crippen LogP contribution in [-0.4, -0.2) is 31.9 Å². The van der Waals surface area contributed by atoms with Gasteiger partial charge in [-0.15, -0.1) is 0 Å². The van der Waals surface area contributed by atoms with Gasteiger partial charge in [-0.05, 0) is 54.7 Å². The van der Waals surface area contributed by atoms with Crippen molar-refractivity contribution >= 4 is 29.1 Å². The zero-order valence-corrected chi connectivity index (χ0v) is 17.2. The second-order valence-corrected chi connectivity index (χ2v) is 8.08. The number of amides is 3. The van der Waals surface area contributed by atoms with E-state index in [2.05, 4.69) is 17.5 Å². The van der Waals surface area contributed by atoms with E-state index in [1.54, 1.807) is 49.6 Å². The summed E-state index contributed by atoms with van der Waals surface area (Å²) in [6.07, 6.45) is 5.04. The lowest BCUT2D eigenvalue weighted by Gasteiger charge is -2.17. The maximum atomic E-state index is 12.9. The summed E-state index contributed by atoms with van der Waals surface area (Å²) >= 11 is 0. The van der Waals surface area contributed by atoms with Crippen LogP contribution in [0.25, 0.3) is 0 Å². The summed E-state index contributed by atoms with van der Waals surface area (Å²) in [5.74, 6) is 0.336. The number of hydrogen-bond acceptors (Lipinski definition) is 5. The highest BCUT2D eigenvalue weighted by Gasteiger charge is 2.59. The molecule has 2 aromatic rings. The quantitative estimate of drug-likeness (QED) is 0.595. The number of allylic oxidation sites excluding steroid dienone is 2. The molecule has 1 heterocycles. The summed E-state index contributed by atoms with van der Waals surface area (Å²) in [5, 5.41) is 2.81. The Morgan fingerprint density at radius 2 is 1.58 bits per heavy atom. The van der Waals surface area contributed by atoms with E-state index in [4.69, 9.17) is 9.47 Å². The highest BCUT2D eigenvalue weighted by Crippen LogP contribution is 2.53. The third kappa shape index (κ3) is 3.00. The Balaban J connectivity index is 1.35. The number of methoxy groups -OCH3 is 2. The molecule has 1 aliphatic heterocycles. The van der Waals surface area contributed by atoms with Crippen molar-refractivity contribution in [3.05, 3.63) is 60.2 Å². The molecule has 0 unspecified atom stereocenters. The van der Waals surface area contributed by atoms with Gasteiger partial charge in [0.25, 0.3) is 5.91 Å². The standard InChI is InChI=1S/C24H22N2O5/c1-30-17-9-10-19(31-2)18(12-17)25-22(27)13-5-7-16(8-6-13)26-23(28)20-14-3-4-15(11-14)21(20)24(26)29/h3-10,12,14-15,20-21H,11H2,1-2H3,(H,25,27)/t14-,15+,20-,21-/m0/s1. The van der Waals surface area contributed by atoms with E-state index in [-0.39, 0.29) is 41.4 Å². The Hall–Kier alpha value is -3.61. The largest absolute Gasteiger partial charge is 0.497 e. The Bertz CT molecular complexity index is 1080. The molecule has 3 amide bonds. The van der Waals surface area contributed by atoms with Crippen LogP contribution in [0.1, 0.15) is 16.8 Å². The minimum Gasteiger partial charge on any atom is -0.497 e. The minimum atomic E-state index is -0.337. The highest BCUT2D eigenvalue weighted by molar-refractivity contribution is 6.23. The molecule has 0 spiro atoms. The molecule has 2 aromatic carbocycles. The molecular weight excluding hydrogens is 396 g/mol. The summed E-state index contributed by atoms with van der Waals surface area (Å²) in [6, 6.07) is 11.6. The molecule has 3 aliphatic rings.